The number of aromatic nitrogens is 2. The number of amides is 2. The van der Waals surface area contributed by atoms with Crippen molar-refractivity contribution in [3.63, 3.8) is 0 Å². The summed E-state index contributed by atoms with van der Waals surface area (Å²) in [5, 5.41) is 7.75. The van der Waals surface area contributed by atoms with E-state index >= 15 is 0 Å². The molecule has 1 fully saturated rings. The summed E-state index contributed by atoms with van der Waals surface area (Å²) in [6.07, 6.45) is 1.04. The predicted molar refractivity (Wildman–Crippen MR) is 133 cm³/mol. The minimum Gasteiger partial charge on any atom is -0.353 e. The van der Waals surface area contributed by atoms with Crippen LogP contribution < -0.4 is 16.0 Å². The van der Waals surface area contributed by atoms with Crippen molar-refractivity contribution in [1.29, 1.82) is 0 Å². The molecular weight excluding hydrogens is 488 g/mol. The van der Waals surface area contributed by atoms with Crippen LogP contribution in [0.25, 0.3) is 0 Å². The van der Waals surface area contributed by atoms with Crippen LogP contribution in [-0.4, -0.2) is 47.1 Å². The first kappa shape index (κ1) is 25.9. The molecule has 1 aliphatic heterocycles. The van der Waals surface area contributed by atoms with Crippen LogP contribution in [0.5, 0.6) is 0 Å². The molecule has 2 heterocycles. The Kier molecular flexibility index (Phi) is 8.20. The first-order valence-electron chi connectivity index (χ1n) is 11.6. The number of rotatable bonds is 6. The minimum atomic E-state index is -4.66. The van der Waals surface area contributed by atoms with E-state index in [1.54, 1.807) is 36.7 Å². The maximum absolute atomic E-state index is 13.9. The van der Waals surface area contributed by atoms with Gasteiger partial charge in [-0.05, 0) is 62.3 Å². The number of carbonyl (C=O) groups excluding carboxylic acids is 1. The van der Waals surface area contributed by atoms with Gasteiger partial charge in [-0.25, -0.2) is 19.2 Å². The van der Waals surface area contributed by atoms with Gasteiger partial charge in [0.25, 0.3) is 0 Å². The number of alkyl halides is 3. The molecule has 2 aromatic carbocycles. The summed E-state index contributed by atoms with van der Waals surface area (Å²) in [4.78, 5) is 23.2. The zero-order valence-corrected chi connectivity index (χ0v) is 19.7. The summed E-state index contributed by atoms with van der Waals surface area (Å²) in [6.45, 7) is 3.97. The molecule has 2 amide bonds. The standard InChI is InChI=1S/C26H24F4N6O/c27-22-9-8-20(26(28,29)30)15-23(22)35-25(37)34-21-5-3-4-18(14-21)6-7-19-16-32-24(33-17-19)31-10-13-36-11-1-2-12-36/h3-5,8-9,14-17H,1-2,10-13H2,(H,31,32,33)(H2,34,35,37). The largest absolute Gasteiger partial charge is 0.416 e. The Hall–Kier alpha value is -4.17. The number of nitrogens with one attached hydrogen (secondary N) is 3. The van der Waals surface area contributed by atoms with E-state index in [1.807, 2.05) is 0 Å². The van der Waals surface area contributed by atoms with Gasteiger partial charge in [0.2, 0.25) is 5.95 Å². The third-order valence-electron chi connectivity index (χ3n) is 5.58. The van der Waals surface area contributed by atoms with Gasteiger partial charge in [-0.1, -0.05) is 17.9 Å². The second kappa shape index (κ2) is 11.7. The van der Waals surface area contributed by atoms with Crippen LogP contribution in [0.3, 0.4) is 0 Å². The molecule has 1 aromatic heterocycles. The number of likely N-dealkylation sites (tertiary alicyclic amines) is 1. The number of nitrogens with zero attached hydrogens (tertiary/aromatic N) is 3. The molecule has 192 valence electrons. The lowest BCUT2D eigenvalue weighted by Gasteiger charge is -2.14. The fraction of sp³-hybridized carbons (Fsp3) is 0.269. The smallest absolute Gasteiger partial charge is 0.353 e. The van der Waals surface area contributed by atoms with Crippen molar-refractivity contribution in [2.75, 3.05) is 42.1 Å². The average molecular weight is 513 g/mol. The lowest BCUT2D eigenvalue weighted by atomic mass is 10.2. The number of hydrogen-bond donors (Lipinski definition) is 3. The fourth-order valence-corrected chi connectivity index (χ4v) is 3.72. The zero-order valence-electron chi connectivity index (χ0n) is 19.7. The molecule has 1 saturated heterocycles. The summed E-state index contributed by atoms with van der Waals surface area (Å²) in [7, 11) is 0. The van der Waals surface area contributed by atoms with E-state index < -0.39 is 29.3 Å². The number of carbonyl (C=O) groups is 1. The van der Waals surface area contributed by atoms with E-state index in [0.29, 0.717) is 41.0 Å². The monoisotopic (exact) mass is 512 g/mol. The van der Waals surface area contributed by atoms with Gasteiger partial charge in [0.05, 0.1) is 16.8 Å². The highest BCUT2D eigenvalue weighted by Gasteiger charge is 2.31. The Morgan fingerprint density at radius 3 is 2.43 bits per heavy atom. The van der Waals surface area contributed by atoms with Gasteiger partial charge in [0.15, 0.2) is 0 Å². The zero-order chi connectivity index (χ0) is 26.3. The molecule has 3 aromatic rings. The maximum Gasteiger partial charge on any atom is 0.416 e. The summed E-state index contributed by atoms with van der Waals surface area (Å²) < 4.78 is 52.5. The summed E-state index contributed by atoms with van der Waals surface area (Å²) >= 11 is 0. The number of hydrogen-bond acceptors (Lipinski definition) is 5. The van der Waals surface area contributed by atoms with Gasteiger partial charge in [-0.15, -0.1) is 0 Å². The van der Waals surface area contributed by atoms with Crippen LogP contribution in [0.1, 0.15) is 29.5 Å². The molecule has 3 N–H and O–H groups in total. The molecule has 4 rings (SSSR count). The van der Waals surface area contributed by atoms with Gasteiger partial charge in [0, 0.05) is 36.7 Å². The van der Waals surface area contributed by atoms with E-state index in [4.69, 9.17) is 0 Å². The Balaban J connectivity index is 1.33. The summed E-state index contributed by atoms with van der Waals surface area (Å²) in [5.74, 6) is 5.42. The van der Waals surface area contributed by atoms with Gasteiger partial charge >= 0.3 is 12.2 Å². The van der Waals surface area contributed by atoms with Crippen LogP contribution in [-0.2, 0) is 6.18 Å². The maximum atomic E-state index is 13.9. The van der Waals surface area contributed by atoms with Crippen molar-refractivity contribution >= 4 is 23.4 Å². The SMILES string of the molecule is O=C(Nc1cccc(C#Cc2cnc(NCCN3CCCC3)nc2)c1)Nc1cc(C(F)(F)F)ccc1F. The summed E-state index contributed by atoms with van der Waals surface area (Å²) in [6, 6.07) is 7.40. The first-order chi connectivity index (χ1) is 17.8. The summed E-state index contributed by atoms with van der Waals surface area (Å²) in [5.41, 5.74) is -0.170. The second-order valence-electron chi connectivity index (χ2n) is 8.37. The van der Waals surface area contributed by atoms with Gasteiger partial charge in [0.1, 0.15) is 5.82 Å². The normalized spacial score (nSPS) is 13.5. The molecule has 1 aliphatic rings. The van der Waals surface area contributed by atoms with E-state index in [-0.39, 0.29) is 0 Å². The number of benzene rings is 2. The second-order valence-corrected chi connectivity index (χ2v) is 8.37. The number of halogens is 4. The Morgan fingerprint density at radius 1 is 0.973 bits per heavy atom. The van der Waals surface area contributed by atoms with Crippen LogP contribution in [0.15, 0.2) is 54.9 Å². The van der Waals surface area contributed by atoms with Crippen molar-refractivity contribution in [3.8, 4) is 11.8 Å². The lowest BCUT2D eigenvalue weighted by molar-refractivity contribution is -0.137. The molecular formula is C26H24F4N6O. The quantitative estimate of drug-likeness (QED) is 0.313. The molecule has 11 heteroatoms. The van der Waals surface area contributed by atoms with Crippen molar-refractivity contribution in [1.82, 2.24) is 14.9 Å². The van der Waals surface area contributed by atoms with E-state index in [2.05, 4.69) is 42.7 Å². The van der Waals surface area contributed by atoms with Crippen LogP contribution >= 0.6 is 0 Å². The molecule has 0 radical (unpaired) electrons. The Labute approximate surface area is 211 Å². The van der Waals surface area contributed by atoms with E-state index in [1.165, 1.54) is 12.8 Å². The molecule has 0 bridgehead atoms. The lowest BCUT2D eigenvalue weighted by Crippen LogP contribution is -2.26. The molecule has 0 aliphatic carbocycles. The average Bonchev–Trinajstić information content (AvgIpc) is 3.38. The molecule has 0 spiro atoms. The highest BCUT2D eigenvalue weighted by atomic mass is 19.4. The van der Waals surface area contributed by atoms with Gasteiger partial charge in [-0.3, -0.25) is 0 Å². The van der Waals surface area contributed by atoms with Crippen molar-refractivity contribution in [2.45, 2.75) is 19.0 Å². The molecule has 37 heavy (non-hydrogen) atoms. The van der Waals surface area contributed by atoms with Crippen molar-refractivity contribution in [2.24, 2.45) is 0 Å². The van der Waals surface area contributed by atoms with Crippen LogP contribution in [0.4, 0.5) is 39.7 Å². The topological polar surface area (TPSA) is 82.2 Å². The Bertz CT molecular complexity index is 1290. The third kappa shape index (κ3) is 7.65. The van der Waals surface area contributed by atoms with E-state index in [9.17, 15) is 22.4 Å². The highest BCUT2D eigenvalue weighted by Crippen LogP contribution is 2.31. The van der Waals surface area contributed by atoms with Crippen molar-refractivity contribution in [3.05, 3.63) is 77.4 Å². The van der Waals surface area contributed by atoms with Gasteiger partial charge in [-0.2, -0.15) is 13.2 Å². The minimum absolute atomic E-state index is 0.325. The molecule has 0 unspecified atom stereocenters. The van der Waals surface area contributed by atoms with Gasteiger partial charge < -0.3 is 20.9 Å². The van der Waals surface area contributed by atoms with E-state index in [0.717, 1.165) is 26.2 Å². The Morgan fingerprint density at radius 2 is 1.70 bits per heavy atom. The highest BCUT2D eigenvalue weighted by molar-refractivity contribution is 6.00. The number of urea groups is 1. The fourth-order valence-electron chi connectivity index (χ4n) is 3.72. The molecule has 0 saturated carbocycles. The van der Waals surface area contributed by atoms with Crippen molar-refractivity contribution < 1.29 is 22.4 Å². The molecule has 7 nitrogen and oxygen atoms in total. The molecule has 0 atom stereocenters. The third-order valence-corrected chi connectivity index (χ3v) is 5.58. The van der Waals surface area contributed by atoms with Crippen LogP contribution in [0, 0.1) is 17.7 Å². The predicted octanol–water partition coefficient (Wildman–Crippen LogP) is 5.19. The first-order valence-corrected chi connectivity index (χ1v) is 11.6. The number of anilines is 3. The van der Waals surface area contributed by atoms with Crippen LogP contribution in [0.2, 0.25) is 0 Å².